The van der Waals surface area contributed by atoms with E-state index in [0.717, 1.165) is 0 Å². The van der Waals surface area contributed by atoms with Gasteiger partial charge in [-0.1, -0.05) is 0 Å². The second-order valence-corrected chi connectivity index (χ2v) is 4.28. The average Bonchev–Trinajstić information content (AvgIpc) is 2.75. The van der Waals surface area contributed by atoms with Crippen LogP contribution in [0.2, 0.25) is 0 Å². The second kappa shape index (κ2) is 5.11. The first kappa shape index (κ1) is 12.5. The minimum absolute atomic E-state index is 0.00361. The quantitative estimate of drug-likeness (QED) is 0.636. The van der Waals surface area contributed by atoms with Gasteiger partial charge in [-0.15, -0.1) is 5.10 Å². The minimum atomic E-state index is -0.00361. The average molecular weight is 252 g/mol. The van der Waals surface area contributed by atoms with Crippen molar-refractivity contribution in [3.63, 3.8) is 0 Å². The van der Waals surface area contributed by atoms with Crippen molar-refractivity contribution in [3.8, 4) is 0 Å². The van der Waals surface area contributed by atoms with Crippen molar-refractivity contribution in [1.29, 1.82) is 0 Å². The molecule has 0 aromatic carbocycles. The van der Waals surface area contributed by atoms with Gasteiger partial charge in [-0.2, -0.15) is 0 Å². The fraction of sp³-hybridized carbons (Fsp3) is 0.700. The van der Waals surface area contributed by atoms with Crippen LogP contribution in [0.3, 0.4) is 0 Å². The number of hydrogen-bond acceptors (Lipinski definition) is 5. The van der Waals surface area contributed by atoms with Gasteiger partial charge in [0.25, 0.3) is 0 Å². The Bertz CT molecular complexity index is 449. The van der Waals surface area contributed by atoms with E-state index in [4.69, 9.17) is 0 Å². The van der Waals surface area contributed by atoms with Crippen molar-refractivity contribution in [3.05, 3.63) is 5.82 Å². The number of carbonyl (C=O) groups excluding carboxylic acids is 2. The number of carbonyl (C=O) groups is 2. The maximum absolute atomic E-state index is 12.0. The van der Waals surface area contributed by atoms with E-state index in [2.05, 4.69) is 15.5 Å². The van der Waals surface area contributed by atoms with Crippen molar-refractivity contribution in [2.45, 2.75) is 13.3 Å². The largest absolute Gasteiger partial charge is 0.339 e. The van der Waals surface area contributed by atoms with Crippen LogP contribution < -0.4 is 0 Å². The summed E-state index contributed by atoms with van der Waals surface area (Å²) in [4.78, 5) is 26.7. The van der Waals surface area contributed by atoms with E-state index in [1.165, 1.54) is 4.68 Å². The van der Waals surface area contributed by atoms with Gasteiger partial charge in [0.05, 0.1) is 6.42 Å². The highest BCUT2D eigenvalue weighted by molar-refractivity contribution is 5.78. The van der Waals surface area contributed by atoms with Crippen LogP contribution in [-0.4, -0.2) is 68.0 Å². The summed E-state index contributed by atoms with van der Waals surface area (Å²) in [5.74, 6) is 0.602. The zero-order valence-corrected chi connectivity index (χ0v) is 10.5. The molecule has 8 nitrogen and oxygen atoms in total. The normalized spacial score (nSPS) is 15.9. The molecule has 2 rings (SSSR count). The molecular formula is C10H16N6O2. The minimum Gasteiger partial charge on any atom is -0.339 e. The molecular weight excluding hydrogens is 236 g/mol. The van der Waals surface area contributed by atoms with Crippen LogP contribution in [0.1, 0.15) is 12.7 Å². The summed E-state index contributed by atoms with van der Waals surface area (Å²) >= 11 is 0. The molecule has 1 saturated heterocycles. The maximum atomic E-state index is 12.0. The number of aromatic nitrogens is 4. The van der Waals surface area contributed by atoms with Gasteiger partial charge in [-0.3, -0.25) is 9.59 Å². The summed E-state index contributed by atoms with van der Waals surface area (Å²) in [5.41, 5.74) is 0. The summed E-state index contributed by atoms with van der Waals surface area (Å²) in [6.07, 6.45) is 0.198. The summed E-state index contributed by atoms with van der Waals surface area (Å²) in [5, 5.41) is 11.0. The fourth-order valence-electron chi connectivity index (χ4n) is 1.92. The van der Waals surface area contributed by atoms with Crippen LogP contribution in [0.25, 0.3) is 0 Å². The van der Waals surface area contributed by atoms with Crippen LogP contribution in [0, 0.1) is 0 Å². The number of piperazine rings is 1. The zero-order valence-electron chi connectivity index (χ0n) is 10.5. The molecule has 2 heterocycles. The Kier molecular flexibility index (Phi) is 3.54. The van der Waals surface area contributed by atoms with E-state index < -0.39 is 0 Å². The first-order valence-corrected chi connectivity index (χ1v) is 5.82. The molecule has 1 aromatic heterocycles. The Morgan fingerprint density at radius 3 is 2.28 bits per heavy atom. The van der Waals surface area contributed by atoms with E-state index in [9.17, 15) is 9.59 Å². The Morgan fingerprint density at radius 2 is 1.78 bits per heavy atom. The molecule has 0 bridgehead atoms. The molecule has 1 aliphatic heterocycles. The topological polar surface area (TPSA) is 84.2 Å². The molecule has 1 aliphatic rings. The van der Waals surface area contributed by atoms with E-state index in [0.29, 0.717) is 32.0 Å². The summed E-state index contributed by atoms with van der Waals surface area (Å²) < 4.78 is 1.49. The number of amides is 2. The molecule has 0 N–H and O–H groups in total. The SMILES string of the molecule is CC(=O)N1CCN(C(=O)Cc2nnnn2C)CC1. The van der Waals surface area contributed by atoms with Gasteiger partial charge in [-0.05, 0) is 10.4 Å². The number of nitrogens with zero attached hydrogens (tertiary/aromatic N) is 6. The van der Waals surface area contributed by atoms with Crippen LogP contribution in [-0.2, 0) is 23.1 Å². The van der Waals surface area contributed by atoms with Crippen LogP contribution in [0.15, 0.2) is 0 Å². The lowest BCUT2D eigenvalue weighted by Gasteiger charge is -2.34. The third-order valence-electron chi connectivity index (χ3n) is 3.09. The van der Waals surface area contributed by atoms with Crippen LogP contribution in [0.4, 0.5) is 0 Å². The van der Waals surface area contributed by atoms with Gasteiger partial charge >= 0.3 is 0 Å². The van der Waals surface area contributed by atoms with Gasteiger partial charge in [-0.25, -0.2) is 4.68 Å². The third-order valence-corrected chi connectivity index (χ3v) is 3.09. The van der Waals surface area contributed by atoms with E-state index in [-0.39, 0.29) is 18.2 Å². The molecule has 0 spiro atoms. The molecule has 0 atom stereocenters. The zero-order chi connectivity index (χ0) is 13.1. The Hall–Kier alpha value is -1.99. The molecule has 98 valence electrons. The molecule has 0 aliphatic carbocycles. The first-order valence-electron chi connectivity index (χ1n) is 5.82. The van der Waals surface area contributed by atoms with E-state index in [1.54, 1.807) is 23.8 Å². The molecule has 1 fully saturated rings. The van der Waals surface area contributed by atoms with Gasteiger partial charge in [0.15, 0.2) is 5.82 Å². The van der Waals surface area contributed by atoms with E-state index in [1.807, 2.05) is 0 Å². The Morgan fingerprint density at radius 1 is 1.17 bits per heavy atom. The van der Waals surface area contributed by atoms with Crippen molar-refractivity contribution in [2.24, 2.45) is 7.05 Å². The van der Waals surface area contributed by atoms with Crippen molar-refractivity contribution >= 4 is 11.8 Å². The number of hydrogen-bond donors (Lipinski definition) is 0. The summed E-state index contributed by atoms with van der Waals surface area (Å²) in [6, 6.07) is 0. The summed E-state index contributed by atoms with van der Waals surface area (Å²) in [7, 11) is 1.70. The maximum Gasteiger partial charge on any atom is 0.230 e. The number of rotatable bonds is 2. The van der Waals surface area contributed by atoms with Crippen LogP contribution in [0.5, 0.6) is 0 Å². The lowest BCUT2D eigenvalue weighted by Crippen LogP contribution is -2.50. The number of aryl methyl sites for hydroxylation is 1. The molecule has 1 aromatic rings. The van der Waals surface area contributed by atoms with Crippen molar-refractivity contribution in [2.75, 3.05) is 26.2 Å². The highest BCUT2D eigenvalue weighted by Gasteiger charge is 2.23. The fourth-order valence-corrected chi connectivity index (χ4v) is 1.92. The lowest BCUT2D eigenvalue weighted by atomic mass is 10.2. The van der Waals surface area contributed by atoms with Gasteiger partial charge in [0.2, 0.25) is 11.8 Å². The molecule has 0 saturated carbocycles. The lowest BCUT2D eigenvalue weighted by molar-refractivity contribution is -0.138. The molecule has 0 radical (unpaired) electrons. The Labute approximate surface area is 105 Å². The Balaban J connectivity index is 1.88. The third kappa shape index (κ3) is 2.63. The predicted molar refractivity (Wildman–Crippen MR) is 61.3 cm³/mol. The summed E-state index contributed by atoms with van der Waals surface area (Å²) in [6.45, 7) is 3.88. The van der Waals surface area contributed by atoms with Gasteiger partial charge in [0, 0.05) is 40.2 Å². The van der Waals surface area contributed by atoms with Crippen molar-refractivity contribution in [1.82, 2.24) is 30.0 Å². The second-order valence-electron chi connectivity index (χ2n) is 4.28. The first-order chi connectivity index (χ1) is 8.58. The highest BCUT2D eigenvalue weighted by Crippen LogP contribution is 2.04. The monoisotopic (exact) mass is 252 g/mol. The smallest absolute Gasteiger partial charge is 0.230 e. The van der Waals surface area contributed by atoms with Crippen LogP contribution >= 0.6 is 0 Å². The van der Waals surface area contributed by atoms with Crippen molar-refractivity contribution < 1.29 is 9.59 Å². The molecule has 2 amide bonds. The molecule has 18 heavy (non-hydrogen) atoms. The van der Waals surface area contributed by atoms with Gasteiger partial charge < -0.3 is 9.80 Å². The number of tetrazole rings is 1. The standard InChI is InChI=1S/C10H16N6O2/c1-8(17)15-3-5-16(6-4-15)10(18)7-9-11-12-13-14(9)2/h3-7H2,1-2H3. The van der Waals surface area contributed by atoms with Gasteiger partial charge in [0.1, 0.15) is 0 Å². The molecule has 8 heteroatoms. The predicted octanol–water partition coefficient (Wildman–Crippen LogP) is -1.56. The highest BCUT2D eigenvalue weighted by atomic mass is 16.2. The van der Waals surface area contributed by atoms with E-state index >= 15 is 0 Å². The molecule has 0 unspecified atom stereocenters.